The van der Waals surface area contributed by atoms with E-state index in [0.717, 1.165) is 22.4 Å². The number of carbonyl (C=O) groups excluding carboxylic acids is 2. The van der Waals surface area contributed by atoms with Crippen molar-refractivity contribution in [1.29, 1.82) is 0 Å². The summed E-state index contributed by atoms with van der Waals surface area (Å²) in [6, 6.07) is 5.78. The van der Waals surface area contributed by atoms with Gasteiger partial charge in [-0.15, -0.1) is 0 Å². The number of aryl methyl sites for hydroxylation is 2. The van der Waals surface area contributed by atoms with Crippen molar-refractivity contribution in [3.8, 4) is 0 Å². The Labute approximate surface area is 158 Å². The third-order valence-electron chi connectivity index (χ3n) is 4.92. The van der Waals surface area contributed by atoms with Crippen LogP contribution in [0.1, 0.15) is 70.3 Å². The highest BCUT2D eigenvalue weighted by Gasteiger charge is 2.26. The molecule has 2 heterocycles. The molecular formula is C21H26N4O2. The molecule has 3 N–H and O–H groups in total. The summed E-state index contributed by atoms with van der Waals surface area (Å²) in [6.45, 7) is 11.2. The van der Waals surface area contributed by atoms with E-state index >= 15 is 0 Å². The van der Waals surface area contributed by atoms with Gasteiger partial charge in [0.05, 0.1) is 28.3 Å². The molecule has 0 spiro atoms. The van der Waals surface area contributed by atoms with Crippen molar-refractivity contribution in [2.24, 2.45) is 5.92 Å². The van der Waals surface area contributed by atoms with Gasteiger partial charge in [-0.25, -0.2) is 4.98 Å². The van der Waals surface area contributed by atoms with Crippen LogP contribution in [0.2, 0.25) is 0 Å². The Hall–Kier alpha value is -2.89. The Morgan fingerprint density at radius 2 is 1.81 bits per heavy atom. The first-order valence-electron chi connectivity index (χ1n) is 9.16. The minimum Gasteiger partial charge on any atom is -0.355 e. The summed E-state index contributed by atoms with van der Waals surface area (Å²) in [6.07, 6.45) is 0. The standard InChI is InChI=1S/C21H26N4O2/c1-10(2)18(20-23-15-8-7-11(3)9-16(15)24-20)25-21(27)17-12(4)19(14(6)26)22-13(17)5/h7-10,18,22H,1-6H3,(H,23,24)(H,25,27). The number of hydrogen-bond acceptors (Lipinski definition) is 3. The zero-order valence-corrected chi connectivity index (χ0v) is 16.7. The fourth-order valence-electron chi connectivity index (χ4n) is 3.50. The predicted molar refractivity (Wildman–Crippen MR) is 106 cm³/mol. The van der Waals surface area contributed by atoms with Crippen LogP contribution < -0.4 is 5.32 Å². The van der Waals surface area contributed by atoms with Crippen molar-refractivity contribution in [2.45, 2.75) is 47.6 Å². The molecule has 0 aliphatic rings. The van der Waals surface area contributed by atoms with E-state index in [0.29, 0.717) is 22.5 Å². The molecule has 0 aliphatic carbocycles. The number of H-pyrrole nitrogens is 2. The van der Waals surface area contributed by atoms with Crippen LogP contribution in [0.15, 0.2) is 18.2 Å². The van der Waals surface area contributed by atoms with Crippen LogP contribution in [-0.2, 0) is 0 Å². The van der Waals surface area contributed by atoms with Gasteiger partial charge in [0.25, 0.3) is 5.91 Å². The lowest BCUT2D eigenvalue weighted by molar-refractivity contribution is 0.0922. The van der Waals surface area contributed by atoms with Crippen LogP contribution >= 0.6 is 0 Å². The lowest BCUT2D eigenvalue weighted by Crippen LogP contribution is -2.33. The van der Waals surface area contributed by atoms with Crippen LogP contribution in [0.4, 0.5) is 0 Å². The van der Waals surface area contributed by atoms with Gasteiger partial charge in [0.2, 0.25) is 0 Å². The summed E-state index contributed by atoms with van der Waals surface area (Å²) in [5.41, 5.74) is 5.37. The number of ketones is 1. The Balaban J connectivity index is 1.95. The average molecular weight is 366 g/mol. The summed E-state index contributed by atoms with van der Waals surface area (Å²) in [7, 11) is 0. The summed E-state index contributed by atoms with van der Waals surface area (Å²) >= 11 is 0. The number of nitrogens with one attached hydrogen (secondary N) is 3. The molecule has 1 unspecified atom stereocenters. The Kier molecular flexibility index (Phi) is 4.91. The molecule has 0 bridgehead atoms. The number of aromatic nitrogens is 3. The molecule has 0 aliphatic heterocycles. The van der Waals surface area contributed by atoms with E-state index < -0.39 is 0 Å². The predicted octanol–water partition coefficient (Wildman–Crippen LogP) is 4.15. The molecule has 142 valence electrons. The van der Waals surface area contributed by atoms with Gasteiger partial charge in [-0.05, 0) is 49.9 Å². The zero-order valence-electron chi connectivity index (χ0n) is 16.7. The van der Waals surface area contributed by atoms with Crippen molar-refractivity contribution in [3.63, 3.8) is 0 Å². The normalized spacial score (nSPS) is 12.6. The maximum Gasteiger partial charge on any atom is 0.253 e. The number of nitrogens with zero attached hydrogens (tertiary/aromatic N) is 1. The molecule has 3 rings (SSSR count). The minimum atomic E-state index is -0.264. The first-order valence-corrected chi connectivity index (χ1v) is 9.16. The second-order valence-corrected chi connectivity index (χ2v) is 7.52. The van der Waals surface area contributed by atoms with Gasteiger partial charge in [0.1, 0.15) is 5.82 Å². The largest absolute Gasteiger partial charge is 0.355 e. The van der Waals surface area contributed by atoms with Gasteiger partial charge in [0.15, 0.2) is 5.78 Å². The number of fused-ring (bicyclic) bond motifs is 1. The van der Waals surface area contributed by atoms with Crippen molar-refractivity contribution in [1.82, 2.24) is 20.3 Å². The van der Waals surface area contributed by atoms with Gasteiger partial charge in [-0.1, -0.05) is 19.9 Å². The first-order chi connectivity index (χ1) is 12.7. The maximum absolute atomic E-state index is 13.0. The van der Waals surface area contributed by atoms with Gasteiger partial charge < -0.3 is 15.3 Å². The maximum atomic E-state index is 13.0. The summed E-state index contributed by atoms with van der Waals surface area (Å²) in [5.74, 6) is 0.589. The molecule has 0 radical (unpaired) electrons. The van der Waals surface area contributed by atoms with Crippen molar-refractivity contribution in [3.05, 3.63) is 52.1 Å². The van der Waals surface area contributed by atoms with Crippen LogP contribution in [0, 0.1) is 26.7 Å². The molecule has 0 fully saturated rings. The Morgan fingerprint density at radius 1 is 1.11 bits per heavy atom. The summed E-state index contributed by atoms with van der Waals surface area (Å²) in [4.78, 5) is 35.8. The molecule has 0 saturated heterocycles. The Morgan fingerprint density at radius 3 is 2.41 bits per heavy atom. The molecule has 6 heteroatoms. The van der Waals surface area contributed by atoms with E-state index in [9.17, 15) is 9.59 Å². The highest BCUT2D eigenvalue weighted by molar-refractivity contribution is 6.02. The van der Waals surface area contributed by atoms with Crippen LogP contribution in [0.5, 0.6) is 0 Å². The van der Waals surface area contributed by atoms with E-state index in [4.69, 9.17) is 0 Å². The molecular weight excluding hydrogens is 340 g/mol. The van der Waals surface area contributed by atoms with Crippen molar-refractivity contribution in [2.75, 3.05) is 0 Å². The third-order valence-corrected chi connectivity index (χ3v) is 4.92. The van der Waals surface area contributed by atoms with Gasteiger partial charge in [-0.3, -0.25) is 9.59 Å². The molecule has 27 heavy (non-hydrogen) atoms. The number of imidazole rings is 1. The van der Waals surface area contributed by atoms with Gasteiger partial charge in [0, 0.05) is 12.6 Å². The molecule has 1 aromatic carbocycles. The van der Waals surface area contributed by atoms with Crippen LogP contribution in [-0.4, -0.2) is 26.6 Å². The highest BCUT2D eigenvalue weighted by atomic mass is 16.2. The molecule has 1 atom stereocenters. The smallest absolute Gasteiger partial charge is 0.253 e. The van der Waals surface area contributed by atoms with Crippen molar-refractivity contribution < 1.29 is 9.59 Å². The van der Waals surface area contributed by atoms with Crippen LogP contribution in [0.3, 0.4) is 0 Å². The molecule has 0 saturated carbocycles. The summed E-state index contributed by atoms with van der Waals surface area (Å²) < 4.78 is 0. The van der Waals surface area contributed by atoms with Crippen LogP contribution in [0.25, 0.3) is 11.0 Å². The Bertz CT molecular complexity index is 1030. The molecule has 2 aromatic heterocycles. The zero-order chi connectivity index (χ0) is 19.9. The number of amides is 1. The first kappa shape index (κ1) is 18.9. The number of aromatic amines is 2. The lowest BCUT2D eigenvalue weighted by Gasteiger charge is -2.20. The number of benzene rings is 1. The number of carbonyl (C=O) groups is 2. The minimum absolute atomic E-state index is 0.0808. The molecule has 1 amide bonds. The van der Waals surface area contributed by atoms with E-state index in [1.54, 1.807) is 6.92 Å². The summed E-state index contributed by atoms with van der Waals surface area (Å²) in [5, 5.41) is 3.09. The fraction of sp³-hybridized carbons (Fsp3) is 0.381. The molecule has 3 aromatic rings. The number of rotatable bonds is 5. The van der Waals surface area contributed by atoms with Gasteiger partial charge in [-0.2, -0.15) is 0 Å². The third kappa shape index (κ3) is 3.52. The SMILES string of the molecule is CC(=O)c1[nH]c(C)c(C(=O)NC(c2nc3ccc(C)cc3[nH]2)C(C)C)c1C. The monoisotopic (exact) mass is 366 g/mol. The quantitative estimate of drug-likeness (QED) is 0.593. The fourth-order valence-corrected chi connectivity index (χ4v) is 3.50. The average Bonchev–Trinajstić information content (AvgIpc) is 3.12. The lowest BCUT2D eigenvalue weighted by atomic mass is 10.0. The van der Waals surface area contributed by atoms with E-state index in [-0.39, 0.29) is 23.7 Å². The van der Waals surface area contributed by atoms with E-state index in [2.05, 4.69) is 20.3 Å². The van der Waals surface area contributed by atoms with E-state index in [1.807, 2.05) is 45.9 Å². The van der Waals surface area contributed by atoms with Gasteiger partial charge >= 0.3 is 0 Å². The molecule has 6 nitrogen and oxygen atoms in total. The second-order valence-electron chi connectivity index (χ2n) is 7.52. The number of Topliss-reactive ketones (excluding diaryl/α,β-unsaturated/α-hetero) is 1. The topological polar surface area (TPSA) is 90.6 Å². The highest BCUT2D eigenvalue weighted by Crippen LogP contribution is 2.25. The van der Waals surface area contributed by atoms with Crippen molar-refractivity contribution >= 4 is 22.7 Å². The second kappa shape index (κ2) is 7.02. The number of hydrogen-bond donors (Lipinski definition) is 3. The van der Waals surface area contributed by atoms with E-state index in [1.165, 1.54) is 6.92 Å².